The first-order chi connectivity index (χ1) is 12.1. The summed E-state index contributed by atoms with van der Waals surface area (Å²) in [5.41, 5.74) is 0.712. The number of ketones is 1. The standard InChI is InChI=1S/C19H21N3O2S/c1-13(2)18-20-21-19(22(18)12-16-10-7-11-24-16)25-14(3)17(23)15-8-5-4-6-9-15/h4-11,13-14H,12H2,1-3H3. The number of carbonyl (C=O) groups is 1. The van der Waals surface area contributed by atoms with E-state index in [-0.39, 0.29) is 17.0 Å². The fourth-order valence-corrected chi connectivity index (χ4v) is 3.50. The van der Waals surface area contributed by atoms with Gasteiger partial charge in [0.15, 0.2) is 10.9 Å². The Kier molecular flexibility index (Phi) is 5.38. The highest BCUT2D eigenvalue weighted by molar-refractivity contribution is 8.00. The average molecular weight is 355 g/mol. The molecule has 6 heteroatoms. The van der Waals surface area contributed by atoms with E-state index >= 15 is 0 Å². The lowest BCUT2D eigenvalue weighted by Crippen LogP contribution is -2.15. The zero-order valence-electron chi connectivity index (χ0n) is 14.5. The summed E-state index contributed by atoms with van der Waals surface area (Å²) in [6.07, 6.45) is 1.66. The lowest BCUT2D eigenvalue weighted by atomic mass is 10.1. The first-order valence-corrected chi connectivity index (χ1v) is 9.15. The lowest BCUT2D eigenvalue weighted by Gasteiger charge is -2.13. The third kappa shape index (κ3) is 4.02. The van der Waals surface area contributed by atoms with Gasteiger partial charge in [0.05, 0.1) is 18.1 Å². The van der Waals surface area contributed by atoms with Gasteiger partial charge in [-0.05, 0) is 19.1 Å². The molecule has 0 radical (unpaired) electrons. The number of rotatable bonds is 7. The van der Waals surface area contributed by atoms with Gasteiger partial charge in [0.1, 0.15) is 11.6 Å². The van der Waals surface area contributed by atoms with E-state index in [0.29, 0.717) is 12.1 Å². The van der Waals surface area contributed by atoms with Crippen molar-refractivity contribution in [1.29, 1.82) is 0 Å². The summed E-state index contributed by atoms with van der Waals surface area (Å²) in [4.78, 5) is 12.6. The first-order valence-electron chi connectivity index (χ1n) is 8.27. The van der Waals surface area contributed by atoms with Crippen LogP contribution in [0.15, 0.2) is 58.3 Å². The van der Waals surface area contributed by atoms with Gasteiger partial charge in [-0.3, -0.25) is 9.36 Å². The van der Waals surface area contributed by atoms with Crippen molar-refractivity contribution in [3.05, 3.63) is 65.9 Å². The summed E-state index contributed by atoms with van der Waals surface area (Å²) in [6.45, 7) is 6.62. The summed E-state index contributed by atoms with van der Waals surface area (Å²) in [5.74, 6) is 2.05. The van der Waals surface area contributed by atoms with E-state index < -0.39 is 0 Å². The van der Waals surface area contributed by atoms with Crippen LogP contribution in [0.1, 0.15) is 48.6 Å². The lowest BCUT2D eigenvalue weighted by molar-refractivity contribution is 0.0994. The molecule has 0 saturated heterocycles. The van der Waals surface area contributed by atoms with Crippen molar-refractivity contribution in [2.45, 2.75) is 43.6 Å². The van der Waals surface area contributed by atoms with Gasteiger partial charge < -0.3 is 4.42 Å². The third-order valence-electron chi connectivity index (χ3n) is 3.87. The molecule has 0 N–H and O–H groups in total. The summed E-state index contributed by atoms with van der Waals surface area (Å²) in [5, 5.41) is 9.12. The number of Topliss-reactive ketones (excluding diaryl/α,β-unsaturated/α-hetero) is 1. The molecule has 0 amide bonds. The van der Waals surface area contributed by atoms with Crippen molar-refractivity contribution in [2.75, 3.05) is 0 Å². The molecule has 3 rings (SSSR count). The predicted molar refractivity (Wildman–Crippen MR) is 98.0 cm³/mol. The van der Waals surface area contributed by atoms with Gasteiger partial charge in [0, 0.05) is 11.5 Å². The zero-order chi connectivity index (χ0) is 17.8. The highest BCUT2D eigenvalue weighted by Gasteiger charge is 2.22. The monoisotopic (exact) mass is 355 g/mol. The maximum Gasteiger partial charge on any atom is 0.192 e. The van der Waals surface area contributed by atoms with Crippen molar-refractivity contribution in [1.82, 2.24) is 14.8 Å². The van der Waals surface area contributed by atoms with E-state index in [2.05, 4.69) is 24.0 Å². The molecule has 1 aromatic carbocycles. The Balaban J connectivity index is 1.83. The van der Waals surface area contributed by atoms with Gasteiger partial charge in [-0.2, -0.15) is 0 Å². The molecule has 2 aromatic heterocycles. The number of benzene rings is 1. The second kappa shape index (κ2) is 7.70. The van der Waals surface area contributed by atoms with Crippen molar-refractivity contribution in [3.8, 4) is 0 Å². The molecule has 0 fully saturated rings. The highest BCUT2D eigenvalue weighted by Crippen LogP contribution is 2.27. The highest BCUT2D eigenvalue weighted by atomic mass is 32.2. The van der Waals surface area contributed by atoms with Gasteiger partial charge in [0.2, 0.25) is 0 Å². The molecule has 0 aliphatic carbocycles. The number of thioether (sulfide) groups is 1. The van der Waals surface area contributed by atoms with E-state index in [1.165, 1.54) is 11.8 Å². The molecule has 5 nitrogen and oxygen atoms in total. The SMILES string of the molecule is CC(Sc1nnc(C(C)C)n1Cc1ccco1)C(=O)c1ccccc1. The summed E-state index contributed by atoms with van der Waals surface area (Å²) < 4.78 is 7.50. The van der Waals surface area contributed by atoms with E-state index in [1.54, 1.807) is 6.26 Å². The van der Waals surface area contributed by atoms with Crippen LogP contribution in [0.4, 0.5) is 0 Å². The molecule has 25 heavy (non-hydrogen) atoms. The smallest absolute Gasteiger partial charge is 0.192 e. The molecule has 1 atom stereocenters. The minimum absolute atomic E-state index is 0.0873. The largest absolute Gasteiger partial charge is 0.467 e. The van der Waals surface area contributed by atoms with Crippen LogP contribution in [0.5, 0.6) is 0 Å². The maximum absolute atomic E-state index is 12.6. The fourth-order valence-electron chi connectivity index (χ4n) is 2.57. The molecule has 0 aliphatic heterocycles. The van der Waals surface area contributed by atoms with Crippen LogP contribution in [0.3, 0.4) is 0 Å². The molecule has 0 bridgehead atoms. The Morgan fingerprint density at radius 1 is 1.12 bits per heavy atom. The van der Waals surface area contributed by atoms with Crippen molar-refractivity contribution >= 4 is 17.5 Å². The van der Waals surface area contributed by atoms with Crippen LogP contribution in [0.25, 0.3) is 0 Å². The predicted octanol–water partition coefficient (Wildman–Crippen LogP) is 4.41. The Hall–Kier alpha value is -2.34. The Morgan fingerprint density at radius 2 is 1.88 bits per heavy atom. The number of furan rings is 1. The van der Waals surface area contributed by atoms with Crippen LogP contribution < -0.4 is 0 Å². The van der Waals surface area contributed by atoms with Gasteiger partial charge in [0.25, 0.3) is 0 Å². The molecule has 0 spiro atoms. The third-order valence-corrected chi connectivity index (χ3v) is 4.95. The fraction of sp³-hybridized carbons (Fsp3) is 0.316. The normalized spacial score (nSPS) is 12.5. The van der Waals surface area contributed by atoms with Crippen LogP contribution in [0, 0.1) is 0 Å². The van der Waals surface area contributed by atoms with Gasteiger partial charge >= 0.3 is 0 Å². The molecule has 0 aliphatic rings. The van der Waals surface area contributed by atoms with Crippen LogP contribution in [-0.4, -0.2) is 25.8 Å². The molecule has 0 saturated carbocycles. The van der Waals surface area contributed by atoms with E-state index in [9.17, 15) is 4.79 Å². The number of carbonyl (C=O) groups excluding carboxylic acids is 1. The van der Waals surface area contributed by atoms with Crippen LogP contribution in [-0.2, 0) is 6.54 Å². The second-order valence-electron chi connectivity index (χ2n) is 6.15. The van der Waals surface area contributed by atoms with Gasteiger partial charge in [-0.25, -0.2) is 0 Å². The number of aromatic nitrogens is 3. The molecular weight excluding hydrogens is 334 g/mol. The topological polar surface area (TPSA) is 60.9 Å². The first kappa shape index (κ1) is 17.5. The summed E-state index contributed by atoms with van der Waals surface area (Å²) >= 11 is 1.43. The summed E-state index contributed by atoms with van der Waals surface area (Å²) in [7, 11) is 0. The van der Waals surface area contributed by atoms with E-state index in [1.807, 2.05) is 54.0 Å². The average Bonchev–Trinajstić information content (AvgIpc) is 3.26. The number of hydrogen-bond donors (Lipinski definition) is 0. The quantitative estimate of drug-likeness (QED) is 0.464. The molecule has 130 valence electrons. The van der Waals surface area contributed by atoms with Gasteiger partial charge in [-0.1, -0.05) is 55.9 Å². The van der Waals surface area contributed by atoms with E-state index in [4.69, 9.17) is 4.42 Å². The molecule has 2 heterocycles. The van der Waals surface area contributed by atoms with Crippen molar-refractivity contribution in [3.63, 3.8) is 0 Å². The molecular formula is C19H21N3O2S. The Morgan fingerprint density at radius 3 is 2.52 bits per heavy atom. The van der Waals surface area contributed by atoms with Gasteiger partial charge in [-0.15, -0.1) is 10.2 Å². The zero-order valence-corrected chi connectivity index (χ0v) is 15.4. The Bertz CT molecular complexity index is 826. The summed E-state index contributed by atoms with van der Waals surface area (Å²) in [6, 6.07) is 13.1. The maximum atomic E-state index is 12.6. The Labute approximate surface area is 151 Å². The van der Waals surface area contributed by atoms with Crippen molar-refractivity contribution < 1.29 is 9.21 Å². The molecule has 1 unspecified atom stereocenters. The van der Waals surface area contributed by atoms with E-state index in [0.717, 1.165) is 16.7 Å². The van der Waals surface area contributed by atoms with Crippen molar-refractivity contribution in [2.24, 2.45) is 0 Å². The number of hydrogen-bond acceptors (Lipinski definition) is 5. The number of nitrogens with zero attached hydrogens (tertiary/aromatic N) is 3. The van der Waals surface area contributed by atoms with Crippen LogP contribution >= 0.6 is 11.8 Å². The second-order valence-corrected chi connectivity index (χ2v) is 7.46. The minimum Gasteiger partial charge on any atom is -0.467 e. The van der Waals surface area contributed by atoms with Crippen LogP contribution in [0.2, 0.25) is 0 Å². The minimum atomic E-state index is -0.248. The molecule has 3 aromatic rings.